The quantitative estimate of drug-likeness (QED) is 0.704. The van der Waals surface area contributed by atoms with Crippen LogP contribution in [0, 0.1) is 25.6 Å². The summed E-state index contributed by atoms with van der Waals surface area (Å²) in [5.74, 6) is 0.580. The number of hydrogen-bond acceptors (Lipinski definition) is 4. The van der Waals surface area contributed by atoms with E-state index in [2.05, 4.69) is 9.88 Å². The zero-order valence-corrected chi connectivity index (χ0v) is 17.9. The second-order valence-corrected chi connectivity index (χ2v) is 9.15. The molecule has 3 rings (SSSR count). The van der Waals surface area contributed by atoms with E-state index in [1.165, 1.54) is 6.07 Å². The number of piperidine rings is 1. The number of halogens is 1. The van der Waals surface area contributed by atoms with Gasteiger partial charge in [0.15, 0.2) is 0 Å². The minimum atomic E-state index is -0.160. The van der Waals surface area contributed by atoms with Crippen LogP contribution in [-0.2, 0) is 17.6 Å². The molecule has 1 aromatic heterocycles. The van der Waals surface area contributed by atoms with E-state index in [4.69, 9.17) is 0 Å². The molecule has 1 fully saturated rings. The molecule has 0 N–H and O–H groups in total. The van der Waals surface area contributed by atoms with E-state index < -0.39 is 0 Å². The molecule has 0 spiro atoms. The van der Waals surface area contributed by atoms with Gasteiger partial charge in [0.2, 0.25) is 5.91 Å². The Morgan fingerprint density at radius 2 is 2.07 bits per heavy atom. The van der Waals surface area contributed by atoms with Gasteiger partial charge in [-0.2, -0.15) is 0 Å². The highest BCUT2D eigenvalue weighted by molar-refractivity contribution is 7.11. The van der Waals surface area contributed by atoms with E-state index in [1.54, 1.807) is 23.5 Å². The molecule has 4 nitrogen and oxygen atoms in total. The molecule has 152 valence electrons. The molecular weight excluding hydrogens is 373 g/mol. The van der Waals surface area contributed by atoms with Crippen molar-refractivity contribution in [3.63, 3.8) is 0 Å². The number of benzene rings is 1. The molecule has 0 unspecified atom stereocenters. The van der Waals surface area contributed by atoms with Crippen LogP contribution in [0.1, 0.15) is 34.0 Å². The number of thiazole rings is 1. The maximum Gasteiger partial charge on any atom is 0.227 e. The van der Waals surface area contributed by atoms with Crippen molar-refractivity contribution in [1.82, 2.24) is 14.8 Å². The minimum Gasteiger partial charge on any atom is -0.345 e. The number of rotatable bonds is 7. The molecule has 2 heterocycles. The Morgan fingerprint density at radius 1 is 1.32 bits per heavy atom. The second kappa shape index (κ2) is 9.61. The molecule has 0 radical (unpaired) electrons. The predicted octanol–water partition coefficient (Wildman–Crippen LogP) is 3.85. The summed E-state index contributed by atoms with van der Waals surface area (Å²) in [6.07, 6.45) is 3.56. The fraction of sp³-hybridized carbons (Fsp3) is 0.545. The Labute approximate surface area is 171 Å². The highest BCUT2D eigenvalue weighted by Crippen LogP contribution is 2.21. The molecule has 2 aromatic rings. The lowest BCUT2D eigenvalue weighted by Gasteiger charge is -2.34. The molecule has 1 aromatic carbocycles. The first kappa shape index (κ1) is 20.9. The monoisotopic (exact) mass is 403 g/mol. The van der Waals surface area contributed by atoms with E-state index in [0.717, 1.165) is 66.6 Å². The Hall–Kier alpha value is -1.79. The standard InChI is InChI=1S/C22H30FN3OS/c1-16-21(28-17(2)24-16)14-22(27)25(3)15-19-8-11-26(12-9-19)10-7-18-5-4-6-20(23)13-18/h4-6,13,19H,7-12,14-15H2,1-3H3. The molecule has 28 heavy (non-hydrogen) atoms. The van der Waals surface area contributed by atoms with E-state index in [9.17, 15) is 9.18 Å². The first-order valence-corrected chi connectivity index (χ1v) is 10.9. The first-order valence-electron chi connectivity index (χ1n) is 10.0. The van der Waals surface area contributed by atoms with Crippen molar-refractivity contribution in [2.24, 2.45) is 5.92 Å². The predicted molar refractivity (Wildman–Crippen MR) is 112 cm³/mol. The summed E-state index contributed by atoms with van der Waals surface area (Å²) in [7, 11) is 1.92. The van der Waals surface area contributed by atoms with E-state index in [0.29, 0.717) is 12.3 Å². The SMILES string of the molecule is Cc1nc(C)c(CC(=O)N(C)CC2CCN(CCc3cccc(F)c3)CC2)s1. The lowest BCUT2D eigenvalue weighted by molar-refractivity contribution is -0.129. The maximum atomic E-state index is 13.3. The highest BCUT2D eigenvalue weighted by Gasteiger charge is 2.22. The van der Waals surface area contributed by atoms with Crippen molar-refractivity contribution in [1.29, 1.82) is 0 Å². The number of carbonyl (C=O) groups excluding carboxylic acids is 1. The third-order valence-corrected chi connectivity index (χ3v) is 6.65. The lowest BCUT2D eigenvalue weighted by atomic mass is 9.96. The number of carbonyl (C=O) groups is 1. The molecule has 1 aliphatic heterocycles. The van der Waals surface area contributed by atoms with Gasteiger partial charge in [-0.25, -0.2) is 9.37 Å². The van der Waals surface area contributed by atoms with Crippen molar-refractivity contribution >= 4 is 17.2 Å². The smallest absolute Gasteiger partial charge is 0.227 e. The minimum absolute atomic E-state index is 0.160. The molecule has 1 amide bonds. The maximum absolute atomic E-state index is 13.3. The van der Waals surface area contributed by atoms with Crippen LogP contribution in [0.5, 0.6) is 0 Å². The van der Waals surface area contributed by atoms with Crippen LogP contribution >= 0.6 is 11.3 Å². The number of likely N-dealkylation sites (tertiary alicyclic amines) is 1. The van der Waals surface area contributed by atoms with Crippen molar-refractivity contribution in [3.8, 4) is 0 Å². The third-order valence-electron chi connectivity index (χ3n) is 5.58. The van der Waals surface area contributed by atoms with E-state index in [-0.39, 0.29) is 11.7 Å². The fourth-order valence-corrected chi connectivity index (χ4v) is 4.80. The third kappa shape index (κ3) is 5.85. The Bertz CT molecular complexity index is 799. The fourth-order valence-electron chi connectivity index (χ4n) is 3.87. The number of aryl methyl sites for hydroxylation is 2. The van der Waals surface area contributed by atoms with Gasteiger partial charge in [0, 0.05) is 25.0 Å². The second-order valence-electron chi connectivity index (χ2n) is 7.86. The topological polar surface area (TPSA) is 36.4 Å². The van der Waals surface area contributed by atoms with Gasteiger partial charge < -0.3 is 9.80 Å². The first-order chi connectivity index (χ1) is 13.4. The van der Waals surface area contributed by atoms with Crippen LogP contribution in [-0.4, -0.2) is 53.9 Å². The van der Waals surface area contributed by atoms with Gasteiger partial charge in [-0.1, -0.05) is 12.1 Å². The van der Waals surface area contributed by atoms with Crippen molar-refractivity contribution in [2.75, 3.05) is 33.2 Å². The van der Waals surface area contributed by atoms with Crippen LogP contribution in [0.25, 0.3) is 0 Å². The normalized spacial score (nSPS) is 15.7. The van der Waals surface area contributed by atoms with Crippen LogP contribution in [0.4, 0.5) is 4.39 Å². The summed E-state index contributed by atoms with van der Waals surface area (Å²) in [4.78, 5) is 22.4. The number of aromatic nitrogens is 1. The highest BCUT2D eigenvalue weighted by atomic mass is 32.1. The van der Waals surface area contributed by atoms with E-state index in [1.807, 2.05) is 31.9 Å². The largest absolute Gasteiger partial charge is 0.345 e. The summed E-state index contributed by atoms with van der Waals surface area (Å²) < 4.78 is 13.3. The van der Waals surface area contributed by atoms with Gasteiger partial charge in [0.05, 0.1) is 17.1 Å². The van der Waals surface area contributed by atoms with Gasteiger partial charge in [0.1, 0.15) is 5.82 Å². The van der Waals surface area contributed by atoms with Crippen LogP contribution in [0.15, 0.2) is 24.3 Å². The number of likely N-dealkylation sites (N-methyl/N-ethyl adjacent to an activating group) is 1. The molecule has 0 bridgehead atoms. The van der Waals surface area contributed by atoms with Crippen molar-refractivity contribution in [3.05, 3.63) is 51.2 Å². The molecule has 1 saturated heterocycles. The number of nitrogens with zero attached hydrogens (tertiary/aromatic N) is 3. The van der Waals surface area contributed by atoms with Gasteiger partial charge in [-0.05, 0) is 69.8 Å². The zero-order chi connectivity index (χ0) is 20.1. The molecule has 0 atom stereocenters. The molecule has 1 aliphatic rings. The summed E-state index contributed by atoms with van der Waals surface area (Å²) in [5.41, 5.74) is 2.04. The van der Waals surface area contributed by atoms with Crippen molar-refractivity contribution < 1.29 is 9.18 Å². The van der Waals surface area contributed by atoms with Gasteiger partial charge in [-0.15, -0.1) is 11.3 Å². The van der Waals surface area contributed by atoms with Gasteiger partial charge in [0.25, 0.3) is 0 Å². The summed E-state index contributed by atoms with van der Waals surface area (Å²) in [5, 5.41) is 1.02. The summed E-state index contributed by atoms with van der Waals surface area (Å²) >= 11 is 1.62. The molecule has 0 saturated carbocycles. The van der Waals surface area contributed by atoms with Crippen LogP contribution in [0.3, 0.4) is 0 Å². The Balaban J connectivity index is 1.39. The number of amides is 1. The van der Waals surface area contributed by atoms with Crippen LogP contribution in [0.2, 0.25) is 0 Å². The summed E-state index contributed by atoms with van der Waals surface area (Å²) in [6.45, 7) is 7.86. The summed E-state index contributed by atoms with van der Waals surface area (Å²) in [6, 6.07) is 6.88. The molecule has 0 aliphatic carbocycles. The molecule has 6 heteroatoms. The van der Waals surface area contributed by atoms with Gasteiger partial charge in [-0.3, -0.25) is 4.79 Å². The molecular formula is C22H30FN3OS. The average Bonchev–Trinajstić information content (AvgIpc) is 2.98. The lowest BCUT2D eigenvalue weighted by Crippen LogP contribution is -2.40. The zero-order valence-electron chi connectivity index (χ0n) is 17.1. The van der Waals surface area contributed by atoms with Crippen molar-refractivity contribution in [2.45, 2.75) is 39.5 Å². The van der Waals surface area contributed by atoms with Gasteiger partial charge >= 0.3 is 0 Å². The average molecular weight is 404 g/mol. The van der Waals surface area contributed by atoms with Crippen LogP contribution < -0.4 is 0 Å². The van der Waals surface area contributed by atoms with E-state index >= 15 is 0 Å². The Morgan fingerprint density at radius 3 is 2.71 bits per heavy atom. The number of hydrogen-bond donors (Lipinski definition) is 0. The Kier molecular flexibility index (Phi) is 7.18.